The predicted molar refractivity (Wildman–Crippen MR) is 65.9 cm³/mol. The van der Waals surface area contributed by atoms with Crippen LogP contribution >= 0.6 is 0 Å². The van der Waals surface area contributed by atoms with Gasteiger partial charge in [-0.05, 0) is 26.3 Å². The van der Waals surface area contributed by atoms with Gasteiger partial charge in [-0.1, -0.05) is 42.0 Å². The van der Waals surface area contributed by atoms with Crippen LogP contribution in [0.1, 0.15) is 26.3 Å². The molecule has 0 radical (unpaired) electrons. The number of hydrogen-bond acceptors (Lipinski definition) is 2. The maximum Gasteiger partial charge on any atom is 0.312 e. The van der Waals surface area contributed by atoms with Crippen molar-refractivity contribution in [1.82, 2.24) is 0 Å². The smallest absolute Gasteiger partial charge is 0.312 e. The van der Waals surface area contributed by atoms with Crippen molar-refractivity contribution in [3.05, 3.63) is 41.5 Å². The van der Waals surface area contributed by atoms with Crippen molar-refractivity contribution >= 4 is 12.0 Å². The number of hydrogen-bond donors (Lipinski definition) is 0. The quantitative estimate of drug-likeness (QED) is 0.725. The lowest BCUT2D eigenvalue weighted by Gasteiger charge is -2.10. The van der Waals surface area contributed by atoms with Crippen LogP contribution in [0.15, 0.2) is 35.9 Å². The third-order valence-electron chi connectivity index (χ3n) is 2.52. The van der Waals surface area contributed by atoms with Crippen molar-refractivity contribution < 1.29 is 9.53 Å². The Morgan fingerprint density at radius 3 is 2.56 bits per heavy atom. The van der Waals surface area contributed by atoms with E-state index >= 15 is 0 Å². The second-order valence-electron chi connectivity index (χ2n) is 3.77. The number of ether oxygens (including phenoxy) is 1. The lowest BCUT2D eigenvalue weighted by atomic mass is 10.0. The number of carbonyl (C=O) groups excluding carboxylic acids is 1. The summed E-state index contributed by atoms with van der Waals surface area (Å²) in [5, 5.41) is 0. The van der Waals surface area contributed by atoms with Crippen molar-refractivity contribution in [3.8, 4) is 0 Å². The van der Waals surface area contributed by atoms with Crippen LogP contribution in [0, 0.1) is 5.92 Å². The molecule has 86 valence electrons. The summed E-state index contributed by atoms with van der Waals surface area (Å²) >= 11 is 0. The summed E-state index contributed by atoms with van der Waals surface area (Å²) in [5.41, 5.74) is 2.13. The molecule has 1 aromatic rings. The zero-order valence-electron chi connectivity index (χ0n) is 10.1. The van der Waals surface area contributed by atoms with E-state index in [4.69, 9.17) is 4.74 Å². The average Bonchev–Trinajstić information content (AvgIpc) is 2.29. The zero-order valence-corrected chi connectivity index (χ0v) is 10.1. The van der Waals surface area contributed by atoms with Crippen LogP contribution < -0.4 is 0 Å². The SMILES string of the molecule is CCOC(=O)C(C)/C(C)=C/c1ccccc1. The topological polar surface area (TPSA) is 26.3 Å². The highest BCUT2D eigenvalue weighted by atomic mass is 16.5. The molecule has 1 rings (SSSR count). The Bertz CT molecular complexity index is 366. The maximum absolute atomic E-state index is 11.5. The molecule has 0 saturated carbocycles. The monoisotopic (exact) mass is 218 g/mol. The molecule has 0 N–H and O–H groups in total. The molecule has 0 heterocycles. The summed E-state index contributed by atoms with van der Waals surface area (Å²) in [6.07, 6.45) is 2.02. The molecular formula is C14H18O2. The van der Waals surface area contributed by atoms with E-state index in [-0.39, 0.29) is 11.9 Å². The Labute approximate surface area is 96.9 Å². The Kier molecular flexibility index (Phi) is 4.77. The molecule has 16 heavy (non-hydrogen) atoms. The van der Waals surface area contributed by atoms with Gasteiger partial charge >= 0.3 is 5.97 Å². The van der Waals surface area contributed by atoms with Crippen LogP contribution in [0.25, 0.3) is 6.08 Å². The van der Waals surface area contributed by atoms with Crippen LogP contribution in [0.3, 0.4) is 0 Å². The lowest BCUT2D eigenvalue weighted by molar-refractivity contribution is -0.146. The summed E-state index contributed by atoms with van der Waals surface area (Å²) in [6, 6.07) is 9.96. The molecule has 0 spiro atoms. The number of benzene rings is 1. The maximum atomic E-state index is 11.5. The number of esters is 1. The van der Waals surface area contributed by atoms with Crippen molar-refractivity contribution in [2.75, 3.05) is 6.61 Å². The van der Waals surface area contributed by atoms with E-state index in [2.05, 4.69) is 0 Å². The molecule has 0 amide bonds. The van der Waals surface area contributed by atoms with Gasteiger partial charge in [0.25, 0.3) is 0 Å². The van der Waals surface area contributed by atoms with Gasteiger partial charge in [-0.15, -0.1) is 0 Å². The second-order valence-corrected chi connectivity index (χ2v) is 3.77. The molecule has 0 aliphatic carbocycles. The third-order valence-corrected chi connectivity index (χ3v) is 2.52. The van der Waals surface area contributed by atoms with E-state index in [1.165, 1.54) is 0 Å². The van der Waals surface area contributed by atoms with E-state index in [1.807, 2.05) is 57.2 Å². The second kappa shape index (κ2) is 6.11. The molecule has 2 heteroatoms. The number of rotatable bonds is 4. The number of carbonyl (C=O) groups is 1. The molecular weight excluding hydrogens is 200 g/mol. The van der Waals surface area contributed by atoms with Gasteiger partial charge in [0, 0.05) is 0 Å². The first-order valence-corrected chi connectivity index (χ1v) is 5.55. The largest absolute Gasteiger partial charge is 0.466 e. The summed E-state index contributed by atoms with van der Waals surface area (Å²) in [5.74, 6) is -0.340. The van der Waals surface area contributed by atoms with Gasteiger partial charge in [0.1, 0.15) is 0 Å². The van der Waals surface area contributed by atoms with E-state index in [9.17, 15) is 4.79 Å². The summed E-state index contributed by atoms with van der Waals surface area (Å²) in [4.78, 5) is 11.5. The molecule has 1 unspecified atom stereocenters. The van der Waals surface area contributed by atoms with E-state index in [1.54, 1.807) is 0 Å². The highest BCUT2D eigenvalue weighted by Gasteiger charge is 2.15. The molecule has 0 aromatic heterocycles. The minimum Gasteiger partial charge on any atom is -0.466 e. The zero-order chi connectivity index (χ0) is 12.0. The highest BCUT2D eigenvalue weighted by Crippen LogP contribution is 2.15. The predicted octanol–water partition coefficient (Wildman–Crippen LogP) is 3.29. The normalized spacial score (nSPS) is 13.3. The minimum atomic E-state index is -0.180. The van der Waals surface area contributed by atoms with Gasteiger partial charge in [-0.25, -0.2) is 0 Å². The molecule has 2 nitrogen and oxygen atoms in total. The van der Waals surface area contributed by atoms with Crippen LogP contribution in [0.4, 0.5) is 0 Å². The first-order chi connectivity index (χ1) is 7.65. The fourth-order valence-corrected chi connectivity index (χ4v) is 1.39. The minimum absolute atomic E-state index is 0.160. The van der Waals surface area contributed by atoms with E-state index in [0.717, 1.165) is 11.1 Å². The van der Waals surface area contributed by atoms with E-state index < -0.39 is 0 Å². The summed E-state index contributed by atoms with van der Waals surface area (Å²) in [7, 11) is 0. The molecule has 0 saturated heterocycles. The van der Waals surface area contributed by atoms with Crippen LogP contribution in [0.5, 0.6) is 0 Å². The third kappa shape index (κ3) is 3.54. The van der Waals surface area contributed by atoms with Gasteiger partial charge in [-0.3, -0.25) is 4.79 Å². The van der Waals surface area contributed by atoms with Crippen LogP contribution in [-0.2, 0) is 9.53 Å². The lowest BCUT2D eigenvalue weighted by Crippen LogP contribution is -2.15. The highest BCUT2D eigenvalue weighted by molar-refractivity contribution is 5.77. The van der Waals surface area contributed by atoms with Crippen LogP contribution in [0.2, 0.25) is 0 Å². The van der Waals surface area contributed by atoms with E-state index in [0.29, 0.717) is 6.61 Å². The van der Waals surface area contributed by atoms with Crippen molar-refractivity contribution in [2.45, 2.75) is 20.8 Å². The fourth-order valence-electron chi connectivity index (χ4n) is 1.39. The average molecular weight is 218 g/mol. The van der Waals surface area contributed by atoms with Crippen LogP contribution in [-0.4, -0.2) is 12.6 Å². The first kappa shape index (κ1) is 12.5. The Morgan fingerprint density at radius 2 is 2.00 bits per heavy atom. The molecule has 0 fully saturated rings. The molecule has 1 atom stereocenters. The molecule has 0 aliphatic rings. The standard InChI is InChI=1S/C14H18O2/c1-4-16-14(15)12(3)11(2)10-13-8-6-5-7-9-13/h5-10,12H,4H2,1-3H3/b11-10+. The fraction of sp³-hybridized carbons (Fsp3) is 0.357. The van der Waals surface area contributed by atoms with Crippen molar-refractivity contribution in [2.24, 2.45) is 5.92 Å². The molecule has 0 bridgehead atoms. The Balaban J connectivity index is 2.74. The van der Waals surface area contributed by atoms with Crippen molar-refractivity contribution in [3.63, 3.8) is 0 Å². The van der Waals surface area contributed by atoms with Gasteiger partial charge in [-0.2, -0.15) is 0 Å². The molecule has 0 aliphatic heterocycles. The summed E-state index contributed by atoms with van der Waals surface area (Å²) in [6.45, 7) is 6.07. The van der Waals surface area contributed by atoms with Gasteiger partial charge in [0.05, 0.1) is 12.5 Å². The summed E-state index contributed by atoms with van der Waals surface area (Å²) < 4.78 is 4.98. The first-order valence-electron chi connectivity index (χ1n) is 5.55. The molecule has 1 aromatic carbocycles. The van der Waals surface area contributed by atoms with Gasteiger partial charge < -0.3 is 4.74 Å². The Morgan fingerprint density at radius 1 is 1.38 bits per heavy atom. The van der Waals surface area contributed by atoms with Crippen molar-refractivity contribution in [1.29, 1.82) is 0 Å². The van der Waals surface area contributed by atoms with Gasteiger partial charge in [0.2, 0.25) is 0 Å². The Hall–Kier alpha value is -1.57. The van der Waals surface area contributed by atoms with Gasteiger partial charge in [0.15, 0.2) is 0 Å².